The van der Waals surface area contributed by atoms with Crippen molar-refractivity contribution in [1.82, 2.24) is 9.80 Å². The van der Waals surface area contributed by atoms with E-state index in [1.54, 1.807) is 4.90 Å². The molecule has 6 heteroatoms. The minimum atomic E-state index is -0.189. The van der Waals surface area contributed by atoms with Crippen LogP contribution in [0.15, 0.2) is 42.5 Å². The number of thioether (sulfide) groups is 1. The maximum absolute atomic E-state index is 12.5. The minimum Gasteiger partial charge on any atom is -0.338 e. The number of rotatable bonds is 3. The maximum atomic E-state index is 12.5. The van der Waals surface area contributed by atoms with E-state index in [1.165, 1.54) is 4.90 Å². The Kier molecular flexibility index (Phi) is 3.76. The smallest absolute Gasteiger partial charge is 0.289 e. The van der Waals surface area contributed by atoms with E-state index in [-0.39, 0.29) is 28.8 Å². The average molecular weight is 340 g/mol. The molecule has 0 saturated carbocycles. The van der Waals surface area contributed by atoms with Crippen molar-refractivity contribution < 1.29 is 14.4 Å². The van der Waals surface area contributed by atoms with Crippen molar-refractivity contribution >= 4 is 39.6 Å². The number of amides is 3. The van der Waals surface area contributed by atoms with Crippen LogP contribution in [0.3, 0.4) is 0 Å². The van der Waals surface area contributed by atoms with Crippen molar-refractivity contribution in [2.75, 3.05) is 18.8 Å². The topological polar surface area (TPSA) is 57.7 Å². The molecule has 0 radical (unpaired) electrons. The second-order valence-corrected chi connectivity index (χ2v) is 7.01. The van der Waals surface area contributed by atoms with Crippen LogP contribution >= 0.6 is 11.8 Å². The summed E-state index contributed by atoms with van der Waals surface area (Å²) in [4.78, 5) is 38.9. The van der Waals surface area contributed by atoms with E-state index < -0.39 is 0 Å². The van der Waals surface area contributed by atoms with E-state index in [0.29, 0.717) is 19.5 Å². The van der Waals surface area contributed by atoms with E-state index in [1.807, 2.05) is 42.5 Å². The highest BCUT2D eigenvalue weighted by Gasteiger charge is 2.43. The van der Waals surface area contributed by atoms with Crippen molar-refractivity contribution in [3.05, 3.63) is 48.0 Å². The molecule has 5 nitrogen and oxygen atoms in total. The summed E-state index contributed by atoms with van der Waals surface area (Å²) in [6.45, 7) is 0.892. The number of carbonyl (C=O) groups is 3. The lowest BCUT2D eigenvalue weighted by Crippen LogP contribution is -2.62. The summed E-state index contributed by atoms with van der Waals surface area (Å²) in [5.41, 5.74) is 1.01. The highest BCUT2D eigenvalue weighted by molar-refractivity contribution is 8.14. The third-order valence-corrected chi connectivity index (χ3v) is 5.42. The highest BCUT2D eigenvalue weighted by atomic mass is 32.2. The fourth-order valence-corrected chi connectivity index (χ4v) is 4.04. The van der Waals surface area contributed by atoms with Gasteiger partial charge < -0.3 is 4.90 Å². The SMILES string of the molecule is O=C(Cc1cccc2ccccc12)N1CC(N2C(=O)CSC2=O)C1. The van der Waals surface area contributed by atoms with E-state index >= 15 is 0 Å². The van der Waals surface area contributed by atoms with Gasteiger partial charge in [-0.25, -0.2) is 0 Å². The van der Waals surface area contributed by atoms with Gasteiger partial charge in [0.1, 0.15) is 0 Å². The summed E-state index contributed by atoms with van der Waals surface area (Å²) in [5.74, 6) is 0.115. The molecule has 0 spiro atoms. The first-order valence-electron chi connectivity index (χ1n) is 7.87. The average Bonchev–Trinajstić information content (AvgIpc) is 2.86. The molecule has 122 valence electrons. The van der Waals surface area contributed by atoms with Gasteiger partial charge in [0.2, 0.25) is 11.8 Å². The number of imide groups is 1. The molecule has 2 heterocycles. The monoisotopic (exact) mass is 340 g/mol. The molecule has 24 heavy (non-hydrogen) atoms. The molecule has 2 aromatic carbocycles. The van der Waals surface area contributed by atoms with Gasteiger partial charge in [-0.2, -0.15) is 0 Å². The quantitative estimate of drug-likeness (QED) is 0.860. The number of benzene rings is 2. The molecular formula is C18H16N2O3S. The summed E-state index contributed by atoms with van der Waals surface area (Å²) < 4.78 is 0. The zero-order valence-electron chi connectivity index (χ0n) is 13.0. The highest BCUT2D eigenvalue weighted by Crippen LogP contribution is 2.27. The van der Waals surface area contributed by atoms with Gasteiger partial charge in [0.05, 0.1) is 18.2 Å². The standard InChI is InChI=1S/C18H16N2O3S/c21-16(8-13-6-3-5-12-4-1-2-7-15(12)13)19-9-14(10-19)20-17(22)11-24-18(20)23/h1-7,14H,8-11H2. The normalized spacial score (nSPS) is 18.3. The summed E-state index contributed by atoms with van der Waals surface area (Å²) in [6, 6.07) is 13.8. The van der Waals surface area contributed by atoms with E-state index in [4.69, 9.17) is 0 Å². The first-order chi connectivity index (χ1) is 11.6. The largest absolute Gasteiger partial charge is 0.338 e. The lowest BCUT2D eigenvalue weighted by atomic mass is 10.00. The van der Waals surface area contributed by atoms with Gasteiger partial charge in [0.15, 0.2) is 0 Å². The molecule has 0 aliphatic carbocycles. The molecule has 0 bridgehead atoms. The molecule has 0 unspecified atom stereocenters. The van der Waals surface area contributed by atoms with Crippen molar-refractivity contribution in [2.24, 2.45) is 0 Å². The zero-order chi connectivity index (χ0) is 16.7. The third-order valence-electron chi connectivity index (χ3n) is 4.59. The zero-order valence-corrected chi connectivity index (χ0v) is 13.8. The molecule has 4 rings (SSSR count). The van der Waals surface area contributed by atoms with Crippen LogP contribution in [0, 0.1) is 0 Å². The first kappa shape index (κ1) is 15.2. The molecule has 0 atom stereocenters. The summed E-state index contributed by atoms with van der Waals surface area (Å²) in [7, 11) is 0. The van der Waals surface area contributed by atoms with Gasteiger partial charge >= 0.3 is 0 Å². The molecule has 3 amide bonds. The Labute approximate surface area is 143 Å². The van der Waals surface area contributed by atoms with Crippen LogP contribution in [-0.2, 0) is 16.0 Å². The van der Waals surface area contributed by atoms with Gasteiger partial charge in [-0.05, 0) is 16.3 Å². The lowest BCUT2D eigenvalue weighted by Gasteiger charge is -2.42. The number of hydrogen-bond acceptors (Lipinski definition) is 4. The van der Waals surface area contributed by atoms with Crippen LogP contribution in [0.25, 0.3) is 10.8 Å². The predicted molar refractivity (Wildman–Crippen MR) is 92.7 cm³/mol. The van der Waals surface area contributed by atoms with E-state index in [9.17, 15) is 14.4 Å². The van der Waals surface area contributed by atoms with E-state index in [2.05, 4.69) is 0 Å². The van der Waals surface area contributed by atoms with Gasteiger partial charge in [-0.3, -0.25) is 19.3 Å². The number of hydrogen-bond donors (Lipinski definition) is 0. The second-order valence-electron chi connectivity index (χ2n) is 6.09. The lowest BCUT2D eigenvalue weighted by molar-refractivity contribution is -0.141. The van der Waals surface area contributed by atoms with E-state index in [0.717, 1.165) is 28.1 Å². The predicted octanol–water partition coefficient (Wildman–Crippen LogP) is 2.29. The van der Waals surface area contributed by atoms with Gasteiger partial charge in [0.25, 0.3) is 5.24 Å². The van der Waals surface area contributed by atoms with Gasteiger partial charge in [0, 0.05) is 13.1 Å². The molecule has 0 N–H and O–H groups in total. The third kappa shape index (κ3) is 2.57. The Morgan fingerprint density at radius 3 is 2.58 bits per heavy atom. The maximum Gasteiger partial charge on any atom is 0.289 e. The molecule has 0 aromatic heterocycles. The Hall–Kier alpha value is -2.34. The van der Waals surface area contributed by atoms with Crippen LogP contribution < -0.4 is 0 Å². The van der Waals surface area contributed by atoms with Crippen LogP contribution in [-0.4, -0.2) is 51.7 Å². The first-order valence-corrected chi connectivity index (χ1v) is 8.85. The Morgan fingerprint density at radius 2 is 1.83 bits per heavy atom. The number of likely N-dealkylation sites (tertiary alicyclic amines) is 1. The van der Waals surface area contributed by atoms with Crippen molar-refractivity contribution in [2.45, 2.75) is 12.5 Å². The fourth-order valence-electron chi connectivity index (χ4n) is 3.26. The van der Waals surface area contributed by atoms with Gasteiger partial charge in [-0.1, -0.05) is 54.2 Å². The minimum absolute atomic E-state index is 0.0364. The molecule has 2 saturated heterocycles. The van der Waals surface area contributed by atoms with Crippen LogP contribution in [0.1, 0.15) is 5.56 Å². The van der Waals surface area contributed by atoms with Crippen LogP contribution in [0.2, 0.25) is 0 Å². The van der Waals surface area contributed by atoms with Crippen molar-refractivity contribution in [3.63, 3.8) is 0 Å². The second kappa shape index (κ2) is 5.94. The fraction of sp³-hybridized carbons (Fsp3) is 0.278. The molecular weight excluding hydrogens is 324 g/mol. The van der Waals surface area contributed by atoms with Crippen molar-refractivity contribution in [3.8, 4) is 0 Å². The Balaban J connectivity index is 1.43. The molecule has 2 aromatic rings. The number of carbonyl (C=O) groups excluding carboxylic acids is 3. The molecule has 2 fully saturated rings. The summed E-state index contributed by atoms with van der Waals surface area (Å²) in [6.07, 6.45) is 0.338. The van der Waals surface area contributed by atoms with Gasteiger partial charge in [-0.15, -0.1) is 0 Å². The van der Waals surface area contributed by atoms with Crippen LogP contribution in [0.5, 0.6) is 0 Å². The number of fused-ring (bicyclic) bond motifs is 1. The molecule has 2 aliphatic heterocycles. The Morgan fingerprint density at radius 1 is 1.08 bits per heavy atom. The van der Waals surface area contributed by atoms with Crippen molar-refractivity contribution in [1.29, 1.82) is 0 Å². The summed E-state index contributed by atoms with van der Waals surface area (Å²) in [5, 5.41) is 2.02. The Bertz CT molecular complexity index is 824. The molecule has 2 aliphatic rings. The summed E-state index contributed by atoms with van der Waals surface area (Å²) >= 11 is 1.04. The van der Waals surface area contributed by atoms with Crippen LogP contribution in [0.4, 0.5) is 4.79 Å². The number of nitrogens with zero attached hydrogens (tertiary/aromatic N) is 2.